The Kier molecular flexibility index (Phi) is 4.34. The Hall–Kier alpha value is -2.34. The third-order valence-corrected chi connectivity index (χ3v) is 4.43. The highest BCUT2D eigenvalue weighted by Crippen LogP contribution is 2.35. The number of ether oxygens (including phenoxy) is 1. The Labute approximate surface area is 138 Å². The second-order valence-electron chi connectivity index (χ2n) is 5.63. The highest BCUT2D eigenvalue weighted by molar-refractivity contribution is 7.10. The Morgan fingerprint density at radius 2 is 2.22 bits per heavy atom. The molecule has 2 heterocycles. The van der Waals surface area contributed by atoms with Crippen molar-refractivity contribution >= 4 is 34.5 Å². The fourth-order valence-electron chi connectivity index (χ4n) is 2.59. The number of thiophene rings is 1. The molecule has 1 N–H and O–H groups in total. The summed E-state index contributed by atoms with van der Waals surface area (Å²) in [5, 5.41) is 4.83. The van der Waals surface area contributed by atoms with Gasteiger partial charge in [-0.3, -0.25) is 9.59 Å². The van der Waals surface area contributed by atoms with Crippen molar-refractivity contribution in [3.05, 3.63) is 40.6 Å². The van der Waals surface area contributed by atoms with Crippen molar-refractivity contribution in [1.82, 2.24) is 0 Å². The van der Waals surface area contributed by atoms with Gasteiger partial charge in [-0.15, -0.1) is 11.3 Å². The van der Waals surface area contributed by atoms with E-state index in [9.17, 15) is 9.59 Å². The molecule has 1 aromatic carbocycles. The summed E-state index contributed by atoms with van der Waals surface area (Å²) in [6, 6.07) is 9.26. The van der Waals surface area contributed by atoms with E-state index in [4.69, 9.17) is 4.74 Å². The van der Waals surface area contributed by atoms with E-state index in [0.29, 0.717) is 23.5 Å². The monoisotopic (exact) mass is 330 g/mol. The zero-order chi connectivity index (χ0) is 16.4. The molecule has 3 rings (SSSR count). The van der Waals surface area contributed by atoms with Crippen molar-refractivity contribution in [2.24, 2.45) is 0 Å². The summed E-state index contributed by atoms with van der Waals surface area (Å²) in [5.41, 5.74) is 1.36. The standard InChI is InChI=1S/C17H18N2O3S/c1-11(2)19-14-8-12(5-6-15(14)22-10-17(19)21)18-16(20)9-13-4-3-7-23-13/h3-8,11H,9-10H2,1-2H3,(H,18,20). The summed E-state index contributed by atoms with van der Waals surface area (Å²) in [6.07, 6.45) is 0.345. The number of nitrogens with one attached hydrogen (secondary N) is 1. The van der Waals surface area contributed by atoms with Crippen molar-refractivity contribution in [3.63, 3.8) is 0 Å². The van der Waals surface area contributed by atoms with Crippen LogP contribution in [0.25, 0.3) is 0 Å². The molecule has 23 heavy (non-hydrogen) atoms. The van der Waals surface area contributed by atoms with E-state index in [1.165, 1.54) is 0 Å². The van der Waals surface area contributed by atoms with E-state index < -0.39 is 0 Å². The molecule has 0 radical (unpaired) electrons. The second kappa shape index (κ2) is 6.42. The van der Waals surface area contributed by atoms with Gasteiger partial charge in [0, 0.05) is 16.6 Å². The third-order valence-electron chi connectivity index (χ3n) is 3.55. The molecule has 6 heteroatoms. The van der Waals surface area contributed by atoms with Gasteiger partial charge in [0.2, 0.25) is 5.91 Å². The summed E-state index contributed by atoms with van der Waals surface area (Å²) < 4.78 is 5.46. The van der Waals surface area contributed by atoms with Crippen molar-refractivity contribution in [1.29, 1.82) is 0 Å². The van der Waals surface area contributed by atoms with E-state index in [2.05, 4.69) is 5.32 Å². The summed E-state index contributed by atoms with van der Waals surface area (Å²) in [4.78, 5) is 26.9. The van der Waals surface area contributed by atoms with E-state index in [-0.39, 0.29) is 24.5 Å². The van der Waals surface area contributed by atoms with Crippen molar-refractivity contribution in [2.45, 2.75) is 26.3 Å². The van der Waals surface area contributed by atoms with Gasteiger partial charge in [-0.05, 0) is 43.5 Å². The molecular formula is C17H18N2O3S. The van der Waals surface area contributed by atoms with Crippen LogP contribution in [0.3, 0.4) is 0 Å². The molecule has 0 unspecified atom stereocenters. The van der Waals surface area contributed by atoms with E-state index >= 15 is 0 Å². The number of nitrogens with zero attached hydrogens (tertiary/aromatic N) is 1. The second-order valence-corrected chi connectivity index (χ2v) is 6.67. The minimum absolute atomic E-state index is 0.0298. The topological polar surface area (TPSA) is 58.6 Å². The minimum atomic E-state index is -0.0773. The number of anilines is 2. The molecule has 0 saturated carbocycles. The van der Waals surface area contributed by atoms with Gasteiger partial charge in [0.05, 0.1) is 12.1 Å². The fourth-order valence-corrected chi connectivity index (χ4v) is 3.30. The molecule has 2 aromatic rings. The summed E-state index contributed by atoms with van der Waals surface area (Å²) >= 11 is 1.56. The molecule has 1 aromatic heterocycles. The summed E-state index contributed by atoms with van der Waals surface area (Å²) in [5.74, 6) is 0.510. The molecule has 0 fully saturated rings. The average Bonchev–Trinajstić information content (AvgIpc) is 2.99. The van der Waals surface area contributed by atoms with Crippen LogP contribution in [-0.4, -0.2) is 24.5 Å². The van der Waals surface area contributed by atoms with Crippen molar-refractivity contribution < 1.29 is 14.3 Å². The highest BCUT2D eigenvalue weighted by Gasteiger charge is 2.27. The molecule has 0 bridgehead atoms. The van der Waals surface area contributed by atoms with Crippen LogP contribution in [-0.2, 0) is 16.0 Å². The predicted octanol–water partition coefficient (Wildman–Crippen LogP) is 3.06. The van der Waals surface area contributed by atoms with E-state index in [1.807, 2.05) is 31.4 Å². The molecule has 0 atom stereocenters. The van der Waals surface area contributed by atoms with E-state index in [0.717, 1.165) is 4.88 Å². The number of fused-ring (bicyclic) bond motifs is 1. The lowest BCUT2D eigenvalue weighted by atomic mass is 10.1. The number of rotatable bonds is 4. The van der Waals surface area contributed by atoms with Gasteiger partial charge in [0.25, 0.3) is 5.91 Å². The number of benzene rings is 1. The number of carbonyl (C=O) groups is 2. The van der Waals surface area contributed by atoms with Crippen LogP contribution in [0.1, 0.15) is 18.7 Å². The molecular weight excluding hydrogens is 312 g/mol. The predicted molar refractivity (Wildman–Crippen MR) is 91.2 cm³/mol. The van der Waals surface area contributed by atoms with Gasteiger partial charge in [0.15, 0.2) is 6.61 Å². The first-order valence-electron chi connectivity index (χ1n) is 7.46. The van der Waals surface area contributed by atoms with Crippen LogP contribution in [0, 0.1) is 0 Å². The maximum atomic E-state index is 12.1. The summed E-state index contributed by atoms with van der Waals surface area (Å²) in [6.45, 7) is 3.96. The molecule has 120 valence electrons. The van der Waals surface area contributed by atoms with Crippen LogP contribution < -0.4 is 15.0 Å². The first kappa shape index (κ1) is 15.6. The Morgan fingerprint density at radius 3 is 2.91 bits per heavy atom. The zero-order valence-corrected chi connectivity index (χ0v) is 13.9. The van der Waals surface area contributed by atoms with Gasteiger partial charge in [0.1, 0.15) is 5.75 Å². The normalized spacial score (nSPS) is 13.7. The van der Waals surface area contributed by atoms with Crippen LogP contribution in [0.15, 0.2) is 35.7 Å². The maximum absolute atomic E-state index is 12.1. The van der Waals surface area contributed by atoms with Gasteiger partial charge < -0.3 is 15.0 Å². The molecule has 1 aliphatic rings. The largest absolute Gasteiger partial charge is 0.482 e. The van der Waals surface area contributed by atoms with Gasteiger partial charge >= 0.3 is 0 Å². The molecule has 2 amide bonds. The fraction of sp³-hybridized carbons (Fsp3) is 0.294. The van der Waals surface area contributed by atoms with Crippen LogP contribution in [0.5, 0.6) is 5.75 Å². The van der Waals surface area contributed by atoms with Crippen LogP contribution in [0.4, 0.5) is 11.4 Å². The SMILES string of the molecule is CC(C)N1C(=O)COc2ccc(NC(=O)Cc3cccs3)cc21. The first-order chi connectivity index (χ1) is 11.0. The molecule has 0 aliphatic carbocycles. The number of amides is 2. The van der Waals surface area contributed by atoms with Gasteiger partial charge in [-0.2, -0.15) is 0 Å². The Balaban J connectivity index is 1.79. The average molecular weight is 330 g/mol. The number of hydrogen-bond donors (Lipinski definition) is 1. The highest BCUT2D eigenvalue weighted by atomic mass is 32.1. The molecule has 5 nitrogen and oxygen atoms in total. The van der Waals surface area contributed by atoms with Crippen LogP contribution in [0.2, 0.25) is 0 Å². The lowest BCUT2D eigenvalue weighted by Crippen LogP contribution is -2.43. The molecule has 1 aliphatic heterocycles. The lowest BCUT2D eigenvalue weighted by Gasteiger charge is -2.32. The molecule has 0 saturated heterocycles. The third kappa shape index (κ3) is 3.37. The summed E-state index contributed by atoms with van der Waals surface area (Å²) in [7, 11) is 0. The Morgan fingerprint density at radius 1 is 1.39 bits per heavy atom. The molecule has 0 spiro atoms. The maximum Gasteiger partial charge on any atom is 0.265 e. The first-order valence-corrected chi connectivity index (χ1v) is 8.33. The van der Waals surface area contributed by atoms with Crippen molar-refractivity contribution in [2.75, 3.05) is 16.8 Å². The zero-order valence-electron chi connectivity index (χ0n) is 13.0. The van der Waals surface area contributed by atoms with E-state index in [1.54, 1.807) is 34.4 Å². The van der Waals surface area contributed by atoms with Gasteiger partial charge in [-0.25, -0.2) is 0 Å². The smallest absolute Gasteiger partial charge is 0.265 e. The quantitative estimate of drug-likeness (QED) is 0.937. The lowest BCUT2D eigenvalue weighted by molar-refractivity contribution is -0.121. The Bertz CT molecular complexity index is 725. The minimum Gasteiger partial charge on any atom is -0.482 e. The van der Waals surface area contributed by atoms with Gasteiger partial charge in [-0.1, -0.05) is 6.07 Å². The number of carbonyl (C=O) groups excluding carboxylic acids is 2. The number of hydrogen-bond acceptors (Lipinski definition) is 4. The van der Waals surface area contributed by atoms with Crippen molar-refractivity contribution in [3.8, 4) is 5.75 Å². The van der Waals surface area contributed by atoms with Crippen LogP contribution >= 0.6 is 11.3 Å².